The van der Waals surface area contributed by atoms with Crippen molar-refractivity contribution in [2.45, 2.75) is 20.0 Å². The van der Waals surface area contributed by atoms with Crippen LogP contribution < -0.4 is 10.9 Å². The molecule has 0 unspecified atom stereocenters. The predicted octanol–water partition coefficient (Wildman–Crippen LogP) is 2.38. The lowest BCUT2D eigenvalue weighted by Gasteiger charge is -2.08. The summed E-state index contributed by atoms with van der Waals surface area (Å²) in [5.74, 6) is -0.127. The Labute approximate surface area is 167 Å². The van der Waals surface area contributed by atoms with Crippen LogP contribution in [0.3, 0.4) is 0 Å². The van der Waals surface area contributed by atoms with Crippen molar-refractivity contribution in [3.8, 4) is 0 Å². The molecule has 7 heteroatoms. The maximum Gasteiger partial charge on any atom is 0.264 e. The quantitative estimate of drug-likeness (QED) is 0.551. The van der Waals surface area contributed by atoms with Gasteiger partial charge < -0.3 is 5.32 Å². The number of amides is 1. The summed E-state index contributed by atoms with van der Waals surface area (Å²) in [4.78, 5) is 29.5. The highest BCUT2D eigenvalue weighted by molar-refractivity contribution is 5.95. The number of rotatable bonds is 6. The van der Waals surface area contributed by atoms with Gasteiger partial charge in [0.15, 0.2) is 5.65 Å². The van der Waals surface area contributed by atoms with E-state index in [4.69, 9.17) is 0 Å². The highest BCUT2D eigenvalue weighted by Crippen LogP contribution is 2.08. The molecule has 29 heavy (non-hydrogen) atoms. The van der Waals surface area contributed by atoms with E-state index in [1.54, 1.807) is 21.6 Å². The van der Waals surface area contributed by atoms with Gasteiger partial charge in [0.25, 0.3) is 11.5 Å². The lowest BCUT2D eigenvalue weighted by atomic mass is 10.1. The molecule has 0 radical (unpaired) electrons. The molecule has 0 spiro atoms. The van der Waals surface area contributed by atoms with E-state index in [1.165, 1.54) is 6.20 Å². The second-order valence-electron chi connectivity index (χ2n) is 6.84. The molecule has 0 aliphatic carbocycles. The van der Waals surface area contributed by atoms with Crippen LogP contribution in [0.15, 0.2) is 71.9 Å². The molecule has 0 saturated carbocycles. The van der Waals surface area contributed by atoms with Crippen molar-refractivity contribution in [2.75, 3.05) is 6.54 Å². The summed E-state index contributed by atoms with van der Waals surface area (Å²) >= 11 is 0. The molecule has 0 saturated heterocycles. The molecule has 0 aliphatic heterocycles. The van der Waals surface area contributed by atoms with Crippen LogP contribution in [0, 0.1) is 6.92 Å². The number of fused-ring (bicyclic) bond motifs is 1. The first kappa shape index (κ1) is 18.6. The Hall–Kier alpha value is -3.74. The SMILES string of the molecule is Cc1ccccc1C(=O)NCCn1ncc2c(=O)n(Cc3ccccc3)cnc21. The first-order chi connectivity index (χ1) is 14.1. The number of nitrogens with one attached hydrogen (secondary N) is 1. The normalized spacial score (nSPS) is 10.9. The standard InChI is InChI=1S/C22H21N5O2/c1-16-7-5-6-10-18(16)21(28)23-11-12-27-20-19(13-25-27)22(29)26(15-24-20)14-17-8-3-2-4-9-17/h2-10,13,15H,11-12,14H2,1H3,(H,23,28). The Morgan fingerprint density at radius 3 is 2.62 bits per heavy atom. The summed E-state index contributed by atoms with van der Waals surface area (Å²) in [5.41, 5.74) is 3.00. The molecule has 4 rings (SSSR count). The topological polar surface area (TPSA) is 81.8 Å². The first-order valence-electron chi connectivity index (χ1n) is 9.42. The van der Waals surface area contributed by atoms with Crippen LogP contribution in [0.1, 0.15) is 21.5 Å². The highest BCUT2D eigenvalue weighted by Gasteiger charge is 2.12. The van der Waals surface area contributed by atoms with Gasteiger partial charge in [0.1, 0.15) is 11.7 Å². The molecular weight excluding hydrogens is 366 g/mol. The number of nitrogens with zero attached hydrogens (tertiary/aromatic N) is 4. The largest absolute Gasteiger partial charge is 0.350 e. The monoisotopic (exact) mass is 387 g/mol. The molecule has 1 N–H and O–H groups in total. The van der Waals surface area contributed by atoms with Gasteiger partial charge in [0.2, 0.25) is 0 Å². The lowest BCUT2D eigenvalue weighted by molar-refractivity contribution is 0.0951. The predicted molar refractivity (Wildman–Crippen MR) is 111 cm³/mol. The number of hydrogen-bond donors (Lipinski definition) is 1. The van der Waals surface area contributed by atoms with E-state index < -0.39 is 0 Å². The van der Waals surface area contributed by atoms with E-state index in [0.29, 0.717) is 36.2 Å². The summed E-state index contributed by atoms with van der Waals surface area (Å²) < 4.78 is 3.21. The zero-order chi connectivity index (χ0) is 20.2. The summed E-state index contributed by atoms with van der Waals surface area (Å²) in [5, 5.41) is 7.64. The second-order valence-corrected chi connectivity index (χ2v) is 6.84. The van der Waals surface area contributed by atoms with Crippen molar-refractivity contribution in [3.05, 3.63) is 94.2 Å². The third-order valence-corrected chi connectivity index (χ3v) is 4.82. The fourth-order valence-electron chi connectivity index (χ4n) is 3.25. The van der Waals surface area contributed by atoms with E-state index in [1.807, 2.05) is 55.5 Å². The van der Waals surface area contributed by atoms with Crippen molar-refractivity contribution in [2.24, 2.45) is 0 Å². The molecule has 2 aromatic carbocycles. The molecule has 146 valence electrons. The number of aryl methyl sites for hydroxylation is 1. The van der Waals surface area contributed by atoms with Gasteiger partial charge >= 0.3 is 0 Å². The number of carbonyl (C=O) groups is 1. The molecule has 7 nitrogen and oxygen atoms in total. The van der Waals surface area contributed by atoms with Crippen LogP contribution in [0.25, 0.3) is 11.0 Å². The Kier molecular flexibility index (Phi) is 5.20. The Bertz CT molecular complexity index is 1210. The molecule has 1 amide bonds. The van der Waals surface area contributed by atoms with E-state index in [9.17, 15) is 9.59 Å². The molecule has 0 fully saturated rings. The van der Waals surface area contributed by atoms with Crippen LogP contribution in [0.5, 0.6) is 0 Å². The van der Waals surface area contributed by atoms with Crippen LogP contribution in [-0.4, -0.2) is 31.8 Å². The summed E-state index contributed by atoms with van der Waals surface area (Å²) in [6.45, 7) is 3.18. The summed E-state index contributed by atoms with van der Waals surface area (Å²) in [7, 11) is 0. The van der Waals surface area contributed by atoms with E-state index in [2.05, 4.69) is 15.4 Å². The Morgan fingerprint density at radius 1 is 1.07 bits per heavy atom. The van der Waals surface area contributed by atoms with Gasteiger partial charge in [-0.2, -0.15) is 5.10 Å². The second kappa shape index (κ2) is 8.10. The average molecular weight is 387 g/mol. The first-order valence-corrected chi connectivity index (χ1v) is 9.42. The molecule has 0 atom stereocenters. The highest BCUT2D eigenvalue weighted by atomic mass is 16.1. The minimum atomic E-state index is -0.131. The average Bonchev–Trinajstić information content (AvgIpc) is 3.15. The molecule has 2 heterocycles. The van der Waals surface area contributed by atoms with Crippen LogP contribution in [-0.2, 0) is 13.1 Å². The van der Waals surface area contributed by atoms with Crippen molar-refractivity contribution in [3.63, 3.8) is 0 Å². The molecule has 0 bridgehead atoms. The van der Waals surface area contributed by atoms with Crippen molar-refractivity contribution in [1.82, 2.24) is 24.6 Å². The van der Waals surface area contributed by atoms with Gasteiger partial charge in [-0.1, -0.05) is 48.5 Å². The van der Waals surface area contributed by atoms with Gasteiger partial charge in [-0.3, -0.25) is 14.2 Å². The summed E-state index contributed by atoms with van der Waals surface area (Å²) in [6.07, 6.45) is 3.08. The summed E-state index contributed by atoms with van der Waals surface area (Å²) in [6, 6.07) is 17.2. The van der Waals surface area contributed by atoms with Gasteiger partial charge in [0, 0.05) is 12.1 Å². The van der Waals surface area contributed by atoms with Crippen LogP contribution in [0.4, 0.5) is 0 Å². The molecular formula is C22H21N5O2. The van der Waals surface area contributed by atoms with Gasteiger partial charge in [-0.15, -0.1) is 0 Å². The van der Waals surface area contributed by atoms with Crippen molar-refractivity contribution < 1.29 is 4.79 Å². The third kappa shape index (κ3) is 3.94. The number of aromatic nitrogens is 4. The van der Waals surface area contributed by atoms with Crippen molar-refractivity contribution in [1.29, 1.82) is 0 Å². The van der Waals surface area contributed by atoms with Crippen LogP contribution in [0.2, 0.25) is 0 Å². The smallest absolute Gasteiger partial charge is 0.264 e. The third-order valence-electron chi connectivity index (χ3n) is 4.82. The minimum absolute atomic E-state index is 0.127. The molecule has 0 aliphatic rings. The maximum atomic E-state index is 12.8. The van der Waals surface area contributed by atoms with Crippen LogP contribution >= 0.6 is 0 Å². The van der Waals surface area contributed by atoms with Crippen molar-refractivity contribution >= 4 is 16.9 Å². The zero-order valence-electron chi connectivity index (χ0n) is 16.1. The molecule has 2 aromatic heterocycles. The Balaban J connectivity index is 1.46. The van der Waals surface area contributed by atoms with E-state index in [-0.39, 0.29) is 11.5 Å². The minimum Gasteiger partial charge on any atom is -0.350 e. The number of carbonyl (C=O) groups excluding carboxylic acids is 1. The zero-order valence-corrected chi connectivity index (χ0v) is 16.1. The number of hydrogen-bond acceptors (Lipinski definition) is 4. The van der Waals surface area contributed by atoms with E-state index in [0.717, 1.165) is 11.1 Å². The fourth-order valence-corrected chi connectivity index (χ4v) is 3.25. The Morgan fingerprint density at radius 2 is 1.83 bits per heavy atom. The van der Waals surface area contributed by atoms with Gasteiger partial charge in [0.05, 0.1) is 19.3 Å². The molecule has 4 aromatic rings. The van der Waals surface area contributed by atoms with Gasteiger partial charge in [-0.05, 0) is 24.1 Å². The van der Waals surface area contributed by atoms with E-state index >= 15 is 0 Å². The fraction of sp³-hybridized carbons (Fsp3) is 0.182. The maximum absolute atomic E-state index is 12.8. The number of benzene rings is 2. The van der Waals surface area contributed by atoms with Gasteiger partial charge in [-0.25, -0.2) is 9.67 Å². The lowest BCUT2D eigenvalue weighted by Crippen LogP contribution is -2.28.